The fraction of sp³-hybridized carbons (Fsp3) is 0.286. The molecule has 0 bridgehead atoms. The van der Waals surface area contributed by atoms with Crippen molar-refractivity contribution in [3.63, 3.8) is 0 Å². The molecule has 4 rings (SSSR count). The van der Waals surface area contributed by atoms with E-state index in [0.717, 1.165) is 23.1 Å². The first-order chi connectivity index (χ1) is 12.6. The van der Waals surface area contributed by atoms with Gasteiger partial charge in [0.2, 0.25) is 11.8 Å². The molecule has 5 nitrogen and oxygen atoms in total. The van der Waals surface area contributed by atoms with E-state index in [1.165, 1.54) is 5.56 Å². The van der Waals surface area contributed by atoms with Crippen molar-refractivity contribution in [2.75, 3.05) is 0 Å². The van der Waals surface area contributed by atoms with Crippen LogP contribution in [-0.2, 0) is 22.6 Å². The summed E-state index contributed by atoms with van der Waals surface area (Å²) in [6.07, 6.45) is 1.59. The van der Waals surface area contributed by atoms with Gasteiger partial charge in [-0.3, -0.25) is 19.7 Å². The fourth-order valence-electron chi connectivity index (χ4n) is 3.81. The summed E-state index contributed by atoms with van der Waals surface area (Å²) in [6.45, 7) is 2.51. The lowest BCUT2D eigenvalue weighted by Crippen LogP contribution is -2.52. The minimum atomic E-state index is -0.581. The maximum Gasteiger partial charge on any atom is 0.255 e. The number of rotatable bonds is 3. The van der Waals surface area contributed by atoms with Crippen molar-refractivity contribution < 1.29 is 14.4 Å². The van der Waals surface area contributed by atoms with Crippen LogP contribution in [-0.4, -0.2) is 28.7 Å². The molecule has 26 heavy (non-hydrogen) atoms. The van der Waals surface area contributed by atoms with Crippen molar-refractivity contribution in [2.45, 2.75) is 38.8 Å². The Morgan fingerprint density at radius 2 is 1.85 bits per heavy atom. The Kier molecular flexibility index (Phi) is 4.07. The minimum Gasteiger partial charge on any atom is -0.322 e. The zero-order chi connectivity index (χ0) is 18.3. The first-order valence-electron chi connectivity index (χ1n) is 8.94. The number of hydrogen-bond acceptors (Lipinski definition) is 3. The summed E-state index contributed by atoms with van der Waals surface area (Å²) < 4.78 is 0. The van der Waals surface area contributed by atoms with Gasteiger partial charge in [0.15, 0.2) is 0 Å². The molecule has 2 aromatic rings. The minimum absolute atomic E-state index is 0.136. The molecule has 0 aromatic heterocycles. The first kappa shape index (κ1) is 16.5. The molecule has 1 saturated heterocycles. The SMILES string of the molecule is CCc1cccc(-c2cccc3c2CN(C2CCC(=O)NC2=O)C3=O)c1. The molecule has 2 aliphatic heterocycles. The summed E-state index contributed by atoms with van der Waals surface area (Å²) in [5.41, 5.74) is 4.95. The van der Waals surface area contributed by atoms with E-state index in [4.69, 9.17) is 0 Å². The smallest absolute Gasteiger partial charge is 0.255 e. The van der Waals surface area contributed by atoms with Crippen molar-refractivity contribution in [1.82, 2.24) is 10.2 Å². The molecule has 1 N–H and O–H groups in total. The van der Waals surface area contributed by atoms with Gasteiger partial charge in [0.05, 0.1) is 0 Å². The topological polar surface area (TPSA) is 66.5 Å². The highest BCUT2D eigenvalue weighted by Crippen LogP contribution is 2.35. The molecule has 1 atom stereocenters. The van der Waals surface area contributed by atoms with Gasteiger partial charge in [0.25, 0.3) is 5.91 Å². The van der Waals surface area contributed by atoms with E-state index >= 15 is 0 Å². The average Bonchev–Trinajstić information content (AvgIpc) is 2.98. The van der Waals surface area contributed by atoms with Crippen molar-refractivity contribution in [1.29, 1.82) is 0 Å². The number of carbonyl (C=O) groups is 3. The molecular weight excluding hydrogens is 328 g/mol. The quantitative estimate of drug-likeness (QED) is 0.867. The van der Waals surface area contributed by atoms with Crippen LogP contribution in [0, 0.1) is 0 Å². The fourth-order valence-corrected chi connectivity index (χ4v) is 3.81. The summed E-state index contributed by atoms with van der Waals surface area (Å²) >= 11 is 0. The summed E-state index contributed by atoms with van der Waals surface area (Å²) in [5.74, 6) is -0.785. The molecule has 1 unspecified atom stereocenters. The maximum atomic E-state index is 12.9. The number of piperidine rings is 1. The van der Waals surface area contributed by atoms with E-state index in [-0.39, 0.29) is 24.1 Å². The summed E-state index contributed by atoms with van der Waals surface area (Å²) in [4.78, 5) is 38.1. The average molecular weight is 348 g/mol. The van der Waals surface area contributed by atoms with E-state index in [1.807, 2.05) is 30.3 Å². The van der Waals surface area contributed by atoms with Crippen LogP contribution in [0.3, 0.4) is 0 Å². The third kappa shape index (κ3) is 2.69. The van der Waals surface area contributed by atoms with Gasteiger partial charge >= 0.3 is 0 Å². The Bertz CT molecular complexity index is 919. The van der Waals surface area contributed by atoms with E-state index < -0.39 is 6.04 Å². The molecule has 2 aliphatic rings. The molecule has 5 heteroatoms. The predicted octanol–water partition coefficient (Wildman–Crippen LogP) is 2.68. The van der Waals surface area contributed by atoms with Gasteiger partial charge in [-0.1, -0.05) is 43.3 Å². The summed E-state index contributed by atoms with van der Waals surface area (Å²) in [6, 6.07) is 13.5. The maximum absolute atomic E-state index is 12.9. The van der Waals surface area contributed by atoms with Crippen LogP contribution < -0.4 is 5.32 Å². The van der Waals surface area contributed by atoms with Crippen molar-refractivity contribution in [2.24, 2.45) is 0 Å². The van der Waals surface area contributed by atoms with Gasteiger partial charge < -0.3 is 4.90 Å². The number of amides is 3. The molecule has 0 aliphatic carbocycles. The largest absolute Gasteiger partial charge is 0.322 e. The highest BCUT2D eigenvalue weighted by atomic mass is 16.2. The number of fused-ring (bicyclic) bond motifs is 1. The lowest BCUT2D eigenvalue weighted by Gasteiger charge is -2.29. The molecule has 1 fully saturated rings. The summed E-state index contributed by atoms with van der Waals surface area (Å²) in [7, 11) is 0. The Labute approximate surface area is 152 Å². The molecule has 0 spiro atoms. The number of nitrogens with zero attached hydrogens (tertiary/aromatic N) is 1. The summed E-state index contributed by atoms with van der Waals surface area (Å²) in [5, 5.41) is 2.34. The normalized spacial score (nSPS) is 19.5. The van der Waals surface area contributed by atoms with Gasteiger partial charge in [-0.15, -0.1) is 0 Å². The van der Waals surface area contributed by atoms with Crippen LogP contribution >= 0.6 is 0 Å². The number of carbonyl (C=O) groups excluding carboxylic acids is 3. The molecule has 2 aromatic carbocycles. The van der Waals surface area contributed by atoms with Crippen molar-refractivity contribution >= 4 is 17.7 Å². The lowest BCUT2D eigenvalue weighted by atomic mass is 9.95. The standard InChI is InChI=1S/C21H20N2O3/c1-2-13-5-3-6-14(11-13)15-7-4-8-16-17(15)12-23(21(16)26)18-9-10-19(24)22-20(18)25/h3-8,11,18H,2,9-10,12H2,1H3,(H,22,24,25). The van der Waals surface area contributed by atoms with Crippen molar-refractivity contribution in [3.05, 3.63) is 59.2 Å². The monoisotopic (exact) mass is 348 g/mol. The van der Waals surface area contributed by atoms with Crippen LogP contribution in [0.25, 0.3) is 11.1 Å². The van der Waals surface area contributed by atoms with Gasteiger partial charge in [0.1, 0.15) is 6.04 Å². The third-order valence-electron chi connectivity index (χ3n) is 5.23. The highest BCUT2D eigenvalue weighted by Gasteiger charge is 2.39. The Balaban J connectivity index is 1.70. The second-order valence-corrected chi connectivity index (χ2v) is 6.79. The first-order valence-corrected chi connectivity index (χ1v) is 8.94. The molecule has 2 heterocycles. The number of benzene rings is 2. The Morgan fingerprint density at radius 3 is 2.62 bits per heavy atom. The Morgan fingerprint density at radius 1 is 1.08 bits per heavy atom. The zero-order valence-corrected chi connectivity index (χ0v) is 14.6. The molecular formula is C21H20N2O3. The number of aryl methyl sites for hydroxylation is 1. The predicted molar refractivity (Wildman–Crippen MR) is 97.3 cm³/mol. The van der Waals surface area contributed by atoms with Crippen LogP contribution in [0.5, 0.6) is 0 Å². The van der Waals surface area contributed by atoms with E-state index in [0.29, 0.717) is 18.5 Å². The van der Waals surface area contributed by atoms with Gasteiger partial charge in [0, 0.05) is 18.5 Å². The molecule has 0 saturated carbocycles. The van der Waals surface area contributed by atoms with Crippen LogP contribution in [0.4, 0.5) is 0 Å². The third-order valence-corrected chi connectivity index (χ3v) is 5.23. The molecule has 132 valence electrons. The number of imide groups is 1. The zero-order valence-electron chi connectivity index (χ0n) is 14.6. The van der Waals surface area contributed by atoms with E-state index in [1.54, 1.807) is 4.90 Å². The Hall–Kier alpha value is -2.95. The number of nitrogens with one attached hydrogen (secondary N) is 1. The van der Waals surface area contributed by atoms with E-state index in [2.05, 4.69) is 24.4 Å². The molecule has 3 amide bonds. The number of hydrogen-bond donors (Lipinski definition) is 1. The van der Waals surface area contributed by atoms with Crippen LogP contribution in [0.1, 0.15) is 41.3 Å². The van der Waals surface area contributed by atoms with Crippen LogP contribution in [0.15, 0.2) is 42.5 Å². The highest BCUT2D eigenvalue weighted by molar-refractivity contribution is 6.06. The second kappa shape index (κ2) is 6.41. The second-order valence-electron chi connectivity index (χ2n) is 6.79. The molecule has 0 radical (unpaired) electrons. The van der Waals surface area contributed by atoms with Gasteiger partial charge in [-0.05, 0) is 41.2 Å². The lowest BCUT2D eigenvalue weighted by molar-refractivity contribution is -0.136. The van der Waals surface area contributed by atoms with Gasteiger partial charge in [-0.2, -0.15) is 0 Å². The van der Waals surface area contributed by atoms with Crippen molar-refractivity contribution in [3.8, 4) is 11.1 Å². The van der Waals surface area contributed by atoms with Crippen LogP contribution in [0.2, 0.25) is 0 Å². The van der Waals surface area contributed by atoms with Gasteiger partial charge in [-0.25, -0.2) is 0 Å². The van der Waals surface area contributed by atoms with E-state index in [9.17, 15) is 14.4 Å².